The van der Waals surface area contributed by atoms with E-state index in [0.29, 0.717) is 84.0 Å². The Hall–Kier alpha value is -1.77. The van der Waals surface area contributed by atoms with Crippen molar-refractivity contribution in [3.8, 4) is 5.75 Å². The Morgan fingerprint density at radius 1 is 0.815 bits per heavy atom. The van der Waals surface area contributed by atoms with E-state index in [2.05, 4.69) is 6.58 Å². The second kappa shape index (κ2) is 13.4. The summed E-state index contributed by atoms with van der Waals surface area (Å²) in [6.45, 7) is 8.50. The summed E-state index contributed by atoms with van der Waals surface area (Å²) in [4.78, 5) is 11.3. The number of aldehydes is 1. The highest BCUT2D eigenvalue weighted by molar-refractivity contribution is 5.76. The van der Waals surface area contributed by atoms with Crippen LogP contribution in [-0.4, -0.2) is 65.7 Å². The van der Waals surface area contributed by atoms with E-state index in [9.17, 15) is 4.79 Å². The predicted molar refractivity (Wildman–Crippen MR) is 99.3 cm³/mol. The van der Waals surface area contributed by atoms with Crippen LogP contribution in [0.4, 0.5) is 0 Å². The van der Waals surface area contributed by atoms with Crippen molar-refractivity contribution in [2.45, 2.75) is 13.2 Å². The summed E-state index contributed by atoms with van der Waals surface area (Å²) in [5.41, 5.74) is 2.14. The van der Waals surface area contributed by atoms with Crippen LogP contribution in [0.25, 0.3) is 0 Å². The molecular formula is C20H28O7. The molecule has 0 aromatic heterocycles. The van der Waals surface area contributed by atoms with E-state index in [1.54, 1.807) is 18.2 Å². The molecule has 27 heavy (non-hydrogen) atoms. The third-order valence-corrected chi connectivity index (χ3v) is 3.75. The zero-order valence-corrected chi connectivity index (χ0v) is 15.7. The Labute approximate surface area is 160 Å². The lowest BCUT2D eigenvalue weighted by atomic mass is 10.0. The standard InChI is InChI=1S/C20H28O7/c1-2-3-27-20-18-12-17(14-21)13-19(20)16-26-11-9-24-7-5-22-4-6-23-8-10-25-15-18/h2,12-14H,1,3-11,15-16H2. The number of hydrogen-bond acceptors (Lipinski definition) is 7. The fourth-order valence-corrected chi connectivity index (χ4v) is 2.53. The molecule has 7 heteroatoms. The molecule has 7 nitrogen and oxygen atoms in total. The Morgan fingerprint density at radius 3 is 1.67 bits per heavy atom. The monoisotopic (exact) mass is 380 g/mol. The Bertz CT molecular complexity index is 536. The lowest BCUT2D eigenvalue weighted by molar-refractivity contribution is -0.0148. The number of ether oxygens (including phenoxy) is 6. The minimum absolute atomic E-state index is 0.310. The van der Waals surface area contributed by atoms with Crippen LogP contribution in [0.1, 0.15) is 21.5 Å². The molecule has 1 aromatic carbocycles. The van der Waals surface area contributed by atoms with Crippen LogP contribution < -0.4 is 4.74 Å². The maximum atomic E-state index is 11.3. The van der Waals surface area contributed by atoms with Gasteiger partial charge in [0.2, 0.25) is 0 Å². The fourth-order valence-electron chi connectivity index (χ4n) is 2.53. The first-order valence-corrected chi connectivity index (χ1v) is 9.08. The van der Waals surface area contributed by atoms with E-state index in [0.717, 1.165) is 17.4 Å². The summed E-state index contributed by atoms with van der Waals surface area (Å²) in [6.07, 6.45) is 2.48. The summed E-state index contributed by atoms with van der Waals surface area (Å²) in [6, 6.07) is 3.54. The van der Waals surface area contributed by atoms with Crippen molar-refractivity contribution >= 4 is 6.29 Å². The lowest BCUT2D eigenvalue weighted by Gasteiger charge is -2.17. The van der Waals surface area contributed by atoms with Crippen molar-refractivity contribution in [2.24, 2.45) is 0 Å². The molecule has 0 fully saturated rings. The highest BCUT2D eigenvalue weighted by atomic mass is 16.6. The lowest BCUT2D eigenvalue weighted by Crippen LogP contribution is -2.14. The van der Waals surface area contributed by atoms with E-state index in [-0.39, 0.29) is 0 Å². The third-order valence-electron chi connectivity index (χ3n) is 3.75. The zero-order valence-electron chi connectivity index (χ0n) is 15.7. The van der Waals surface area contributed by atoms with Gasteiger partial charge in [-0.25, -0.2) is 0 Å². The molecule has 0 saturated carbocycles. The first-order chi connectivity index (χ1) is 13.3. The van der Waals surface area contributed by atoms with Gasteiger partial charge in [0, 0.05) is 16.7 Å². The summed E-state index contributed by atoms with van der Waals surface area (Å²) < 4.78 is 33.5. The molecule has 0 unspecified atom stereocenters. The molecular weight excluding hydrogens is 352 g/mol. The predicted octanol–water partition coefficient (Wildman–Crippen LogP) is 2.16. The molecule has 1 aliphatic heterocycles. The summed E-state index contributed by atoms with van der Waals surface area (Å²) in [7, 11) is 0. The molecule has 0 atom stereocenters. The van der Waals surface area contributed by atoms with Crippen LogP contribution in [0.5, 0.6) is 5.75 Å². The summed E-state index contributed by atoms with van der Waals surface area (Å²) in [5, 5.41) is 0. The van der Waals surface area contributed by atoms with Gasteiger partial charge in [-0.1, -0.05) is 12.7 Å². The quantitative estimate of drug-likeness (QED) is 0.585. The van der Waals surface area contributed by atoms with Crippen LogP contribution in [0, 0.1) is 0 Å². The molecule has 0 radical (unpaired) electrons. The second-order valence-corrected chi connectivity index (χ2v) is 5.83. The van der Waals surface area contributed by atoms with Crippen molar-refractivity contribution in [3.05, 3.63) is 41.5 Å². The molecule has 0 saturated heterocycles. The Balaban J connectivity index is 2.11. The van der Waals surface area contributed by atoms with Crippen LogP contribution in [0.15, 0.2) is 24.8 Å². The molecule has 150 valence electrons. The number of rotatable bonds is 4. The average molecular weight is 380 g/mol. The number of benzene rings is 1. The molecule has 0 amide bonds. The number of fused-ring (bicyclic) bond motifs is 2. The number of carbonyl (C=O) groups is 1. The van der Waals surface area contributed by atoms with Gasteiger partial charge in [-0.2, -0.15) is 0 Å². The maximum Gasteiger partial charge on any atom is 0.150 e. The van der Waals surface area contributed by atoms with Gasteiger partial charge in [-0.15, -0.1) is 0 Å². The van der Waals surface area contributed by atoms with Gasteiger partial charge >= 0.3 is 0 Å². The van der Waals surface area contributed by atoms with Crippen molar-refractivity contribution in [1.82, 2.24) is 0 Å². The summed E-state index contributed by atoms with van der Waals surface area (Å²) >= 11 is 0. The van der Waals surface area contributed by atoms with Crippen molar-refractivity contribution < 1.29 is 33.2 Å². The van der Waals surface area contributed by atoms with Crippen molar-refractivity contribution in [2.75, 3.05) is 59.5 Å². The molecule has 2 bridgehead atoms. The van der Waals surface area contributed by atoms with Gasteiger partial charge in [0.1, 0.15) is 18.6 Å². The molecule has 0 spiro atoms. The second-order valence-electron chi connectivity index (χ2n) is 5.83. The van der Waals surface area contributed by atoms with Crippen LogP contribution in [0.3, 0.4) is 0 Å². The molecule has 1 heterocycles. The van der Waals surface area contributed by atoms with Gasteiger partial charge in [0.25, 0.3) is 0 Å². The van der Waals surface area contributed by atoms with Gasteiger partial charge in [-0.3, -0.25) is 4.79 Å². The minimum Gasteiger partial charge on any atom is -0.489 e. The smallest absolute Gasteiger partial charge is 0.150 e. The van der Waals surface area contributed by atoms with E-state index < -0.39 is 0 Å². The topological polar surface area (TPSA) is 72.5 Å². The van der Waals surface area contributed by atoms with Crippen LogP contribution >= 0.6 is 0 Å². The van der Waals surface area contributed by atoms with E-state index in [1.807, 2.05) is 0 Å². The molecule has 1 aliphatic rings. The highest BCUT2D eigenvalue weighted by Gasteiger charge is 2.13. The van der Waals surface area contributed by atoms with E-state index in [4.69, 9.17) is 28.4 Å². The van der Waals surface area contributed by atoms with Gasteiger partial charge in [-0.05, 0) is 12.1 Å². The largest absolute Gasteiger partial charge is 0.489 e. The van der Waals surface area contributed by atoms with Crippen LogP contribution in [0.2, 0.25) is 0 Å². The SMILES string of the molecule is C=CCOc1c2cc(C=O)cc1COCCOCCOCCOCCOC2. The molecule has 2 rings (SSSR count). The van der Waals surface area contributed by atoms with Gasteiger partial charge in [0.05, 0.1) is 66.1 Å². The number of hydrogen-bond donors (Lipinski definition) is 0. The average Bonchev–Trinajstić information content (AvgIpc) is 2.69. The third kappa shape index (κ3) is 8.19. The van der Waals surface area contributed by atoms with Crippen LogP contribution in [-0.2, 0) is 36.9 Å². The molecule has 0 N–H and O–H groups in total. The van der Waals surface area contributed by atoms with Gasteiger partial charge in [0.15, 0.2) is 0 Å². The maximum absolute atomic E-state index is 11.3. The van der Waals surface area contributed by atoms with Gasteiger partial charge < -0.3 is 28.4 Å². The summed E-state index contributed by atoms with van der Waals surface area (Å²) in [5.74, 6) is 0.664. The number of carbonyl (C=O) groups excluding carboxylic acids is 1. The normalized spacial score (nSPS) is 18.1. The Morgan fingerprint density at radius 2 is 1.26 bits per heavy atom. The van der Waals surface area contributed by atoms with E-state index in [1.165, 1.54) is 0 Å². The Kier molecular flexibility index (Phi) is 10.7. The van der Waals surface area contributed by atoms with E-state index >= 15 is 0 Å². The molecule has 0 aliphatic carbocycles. The van der Waals surface area contributed by atoms with Crippen molar-refractivity contribution in [1.29, 1.82) is 0 Å². The first kappa shape index (κ1) is 21.5. The highest BCUT2D eigenvalue weighted by Crippen LogP contribution is 2.27. The van der Waals surface area contributed by atoms with Crippen molar-refractivity contribution in [3.63, 3.8) is 0 Å². The fraction of sp³-hybridized carbons (Fsp3) is 0.550. The minimum atomic E-state index is 0.310. The first-order valence-electron chi connectivity index (χ1n) is 9.08. The molecule has 1 aromatic rings. The zero-order chi connectivity index (χ0) is 19.2.